The second kappa shape index (κ2) is 7.77. The minimum absolute atomic E-state index is 0.0324. The standard InChI is InChI=1S/C16H15Cl2FIN/c1-2-21-16(12-8-10(17)6-7-15(12)20)9-11-13(18)4-3-5-14(11)19/h3-8,16,21H,2,9H2,1H3. The molecule has 112 valence electrons. The van der Waals surface area contributed by atoms with Crippen molar-refractivity contribution in [2.24, 2.45) is 0 Å². The summed E-state index contributed by atoms with van der Waals surface area (Å²) in [5.74, 6) is -0.276. The molecule has 0 aliphatic heterocycles. The monoisotopic (exact) mass is 437 g/mol. The van der Waals surface area contributed by atoms with Gasteiger partial charge in [0, 0.05) is 25.2 Å². The number of rotatable bonds is 5. The van der Waals surface area contributed by atoms with Gasteiger partial charge in [-0.15, -0.1) is 0 Å². The van der Waals surface area contributed by atoms with E-state index < -0.39 is 0 Å². The van der Waals surface area contributed by atoms with Crippen LogP contribution in [0.2, 0.25) is 10.0 Å². The number of hydrogen-bond donors (Lipinski definition) is 1. The van der Waals surface area contributed by atoms with E-state index >= 15 is 0 Å². The highest BCUT2D eigenvalue weighted by atomic mass is 127. The Morgan fingerprint density at radius 1 is 1.24 bits per heavy atom. The number of likely N-dealkylation sites (N-methyl/N-ethyl adjacent to an activating group) is 1. The maximum atomic E-state index is 14.0. The minimum atomic E-state index is -0.276. The normalized spacial score (nSPS) is 12.4. The molecule has 2 aromatic rings. The van der Waals surface area contributed by atoms with Crippen LogP contribution in [0.3, 0.4) is 0 Å². The Morgan fingerprint density at radius 2 is 2.00 bits per heavy atom. The minimum Gasteiger partial charge on any atom is -0.310 e. The van der Waals surface area contributed by atoms with Crippen LogP contribution < -0.4 is 5.32 Å². The summed E-state index contributed by atoms with van der Waals surface area (Å²) in [5.41, 5.74) is 1.59. The van der Waals surface area contributed by atoms with E-state index in [1.807, 2.05) is 25.1 Å². The summed E-state index contributed by atoms with van der Waals surface area (Å²) in [7, 11) is 0. The number of halogens is 4. The molecule has 0 bridgehead atoms. The van der Waals surface area contributed by atoms with Crippen molar-refractivity contribution in [1.82, 2.24) is 5.32 Å². The molecular formula is C16H15Cl2FIN. The van der Waals surface area contributed by atoms with Crippen molar-refractivity contribution in [3.63, 3.8) is 0 Å². The van der Waals surface area contributed by atoms with E-state index in [1.54, 1.807) is 12.1 Å². The van der Waals surface area contributed by atoms with Crippen LogP contribution in [0.15, 0.2) is 36.4 Å². The summed E-state index contributed by atoms with van der Waals surface area (Å²) in [5, 5.41) is 4.51. The van der Waals surface area contributed by atoms with Crippen LogP contribution >= 0.6 is 45.8 Å². The highest BCUT2D eigenvalue weighted by molar-refractivity contribution is 14.1. The maximum Gasteiger partial charge on any atom is 0.127 e. The number of hydrogen-bond acceptors (Lipinski definition) is 1. The lowest BCUT2D eigenvalue weighted by molar-refractivity contribution is 0.526. The molecule has 0 aliphatic rings. The molecule has 0 amide bonds. The Bertz CT molecular complexity index is 613. The third-order valence-electron chi connectivity index (χ3n) is 3.25. The summed E-state index contributed by atoms with van der Waals surface area (Å²) < 4.78 is 15.1. The van der Waals surface area contributed by atoms with Crippen LogP contribution in [0.1, 0.15) is 24.1 Å². The van der Waals surface area contributed by atoms with E-state index in [1.165, 1.54) is 6.07 Å². The molecule has 0 aliphatic carbocycles. The van der Waals surface area contributed by atoms with Crippen molar-refractivity contribution in [1.29, 1.82) is 0 Å². The third-order valence-corrected chi connectivity index (χ3v) is 4.83. The fourth-order valence-corrected chi connectivity index (χ4v) is 3.38. The first-order chi connectivity index (χ1) is 10.0. The Morgan fingerprint density at radius 3 is 2.67 bits per heavy atom. The van der Waals surface area contributed by atoms with Gasteiger partial charge in [0.15, 0.2) is 0 Å². The number of benzene rings is 2. The molecule has 0 saturated carbocycles. The smallest absolute Gasteiger partial charge is 0.127 e. The van der Waals surface area contributed by atoms with Gasteiger partial charge in [-0.3, -0.25) is 0 Å². The van der Waals surface area contributed by atoms with Crippen molar-refractivity contribution in [2.45, 2.75) is 19.4 Å². The molecule has 5 heteroatoms. The fourth-order valence-electron chi connectivity index (χ4n) is 2.25. The van der Waals surface area contributed by atoms with Gasteiger partial charge in [0.05, 0.1) is 0 Å². The van der Waals surface area contributed by atoms with E-state index in [9.17, 15) is 4.39 Å². The Balaban J connectivity index is 2.38. The second-order valence-corrected chi connectivity index (χ2v) is 6.69. The van der Waals surface area contributed by atoms with Gasteiger partial charge in [-0.05, 0) is 71.5 Å². The second-order valence-electron chi connectivity index (χ2n) is 4.68. The molecule has 0 aromatic heterocycles. The molecule has 2 rings (SSSR count). The van der Waals surface area contributed by atoms with Crippen molar-refractivity contribution >= 4 is 45.8 Å². The van der Waals surface area contributed by atoms with E-state index in [-0.39, 0.29) is 11.9 Å². The lowest BCUT2D eigenvalue weighted by Crippen LogP contribution is -2.24. The molecule has 1 N–H and O–H groups in total. The van der Waals surface area contributed by atoms with Gasteiger partial charge < -0.3 is 5.32 Å². The van der Waals surface area contributed by atoms with Gasteiger partial charge >= 0.3 is 0 Å². The van der Waals surface area contributed by atoms with E-state index in [0.29, 0.717) is 22.0 Å². The van der Waals surface area contributed by atoms with E-state index in [2.05, 4.69) is 27.9 Å². The van der Waals surface area contributed by atoms with Gasteiger partial charge in [-0.25, -0.2) is 4.39 Å². The Kier molecular flexibility index (Phi) is 6.29. The van der Waals surface area contributed by atoms with Gasteiger partial charge in [0.2, 0.25) is 0 Å². The third kappa shape index (κ3) is 4.31. The molecule has 0 spiro atoms. The summed E-state index contributed by atoms with van der Waals surface area (Å²) in [4.78, 5) is 0. The molecule has 1 unspecified atom stereocenters. The highest BCUT2D eigenvalue weighted by Crippen LogP contribution is 2.29. The zero-order valence-corrected chi connectivity index (χ0v) is 15.1. The molecule has 0 radical (unpaired) electrons. The maximum absolute atomic E-state index is 14.0. The highest BCUT2D eigenvalue weighted by Gasteiger charge is 2.18. The van der Waals surface area contributed by atoms with Crippen molar-refractivity contribution in [2.75, 3.05) is 6.54 Å². The number of nitrogens with one attached hydrogen (secondary N) is 1. The Hall–Kier alpha value is -0.360. The SMILES string of the molecule is CCNC(Cc1c(F)cccc1Cl)c1cc(Cl)ccc1I. The molecule has 2 aromatic carbocycles. The fraction of sp³-hybridized carbons (Fsp3) is 0.250. The average Bonchev–Trinajstić information content (AvgIpc) is 2.44. The molecule has 21 heavy (non-hydrogen) atoms. The Labute approximate surface area is 148 Å². The first kappa shape index (κ1) is 17.0. The molecular weight excluding hydrogens is 423 g/mol. The molecule has 0 heterocycles. The van der Waals surface area contributed by atoms with Gasteiger partial charge in [-0.1, -0.05) is 36.2 Å². The summed E-state index contributed by atoms with van der Waals surface area (Å²) in [6.07, 6.45) is 0.482. The molecule has 0 fully saturated rings. The van der Waals surface area contributed by atoms with Gasteiger partial charge in [-0.2, -0.15) is 0 Å². The first-order valence-electron chi connectivity index (χ1n) is 6.64. The largest absolute Gasteiger partial charge is 0.310 e. The van der Waals surface area contributed by atoms with E-state index in [0.717, 1.165) is 15.7 Å². The summed E-state index contributed by atoms with van der Waals surface area (Å²) in [6, 6.07) is 10.5. The zero-order valence-electron chi connectivity index (χ0n) is 11.5. The van der Waals surface area contributed by atoms with Crippen LogP contribution in [-0.4, -0.2) is 6.54 Å². The molecule has 0 saturated heterocycles. The van der Waals surface area contributed by atoms with Crippen LogP contribution in [0.25, 0.3) is 0 Å². The quantitative estimate of drug-likeness (QED) is 0.597. The van der Waals surface area contributed by atoms with Crippen LogP contribution in [0, 0.1) is 9.39 Å². The molecule has 1 nitrogen and oxygen atoms in total. The predicted molar refractivity (Wildman–Crippen MR) is 95.7 cm³/mol. The van der Waals surface area contributed by atoms with Crippen LogP contribution in [0.4, 0.5) is 4.39 Å². The van der Waals surface area contributed by atoms with Crippen molar-refractivity contribution in [3.8, 4) is 0 Å². The first-order valence-corrected chi connectivity index (χ1v) is 8.47. The average molecular weight is 438 g/mol. The summed E-state index contributed by atoms with van der Waals surface area (Å²) in [6.45, 7) is 2.80. The van der Waals surface area contributed by atoms with Crippen molar-refractivity contribution in [3.05, 3.63) is 67.0 Å². The van der Waals surface area contributed by atoms with Gasteiger partial charge in [0.25, 0.3) is 0 Å². The lowest BCUT2D eigenvalue weighted by Gasteiger charge is -2.21. The van der Waals surface area contributed by atoms with Gasteiger partial charge in [0.1, 0.15) is 5.82 Å². The molecule has 1 atom stereocenters. The van der Waals surface area contributed by atoms with E-state index in [4.69, 9.17) is 23.2 Å². The van der Waals surface area contributed by atoms with Crippen LogP contribution in [-0.2, 0) is 6.42 Å². The predicted octanol–water partition coefficient (Wildman–Crippen LogP) is 5.63. The lowest BCUT2D eigenvalue weighted by atomic mass is 9.98. The van der Waals surface area contributed by atoms with Crippen LogP contribution in [0.5, 0.6) is 0 Å². The van der Waals surface area contributed by atoms with Crippen molar-refractivity contribution < 1.29 is 4.39 Å². The zero-order chi connectivity index (χ0) is 15.4. The summed E-state index contributed by atoms with van der Waals surface area (Å²) >= 11 is 14.5. The topological polar surface area (TPSA) is 12.0 Å².